The maximum absolute atomic E-state index is 13.0. The Bertz CT molecular complexity index is 1440. The summed E-state index contributed by atoms with van der Waals surface area (Å²) >= 11 is 7.08. The van der Waals surface area contributed by atoms with Crippen LogP contribution < -0.4 is 15.4 Å². The number of carbonyl (C=O) groups is 1. The number of anilines is 3. The molecule has 1 aliphatic rings. The number of carbonyl (C=O) groups excluding carboxylic acids is 1. The number of thiophene rings is 1. The summed E-state index contributed by atoms with van der Waals surface area (Å²) in [5.41, 5.74) is 5.68. The lowest BCUT2D eigenvalue weighted by atomic mass is 10.1. The molecule has 0 bridgehead atoms. The van der Waals surface area contributed by atoms with Gasteiger partial charge in [-0.25, -0.2) is 13.2 Å². The Morgan fingerprint density at radius 2 is 1.66 bits per heavy atom. The molecule has 0 spiro atoms. The normalized spacial score (nSPS) is 13.3. The zero-order chi connectivity index (χ0) is 27.4. The number of fused-ring (bicyclic) bond motifs is 1. The van der Waals surface area contributed by atoms with Crippen molar-refractivity contribution in [2.24, 2.45) is 0 Å². The van der Waals surface area contributed by atoms with Crippen LogP contribution in [0, 0.1) is 20.8 Å². The number of sulfonamides is 1. The first-order chi connectivity index (χ1) is 18.1. The van der Waals surface area contributed by atoms with Gasteiger partial charge in [0.15, 0.2) is 5.11 Å². The minimum atomic E-state index is -3.77. The molecule has 1 aromatic heterocycles. The molecule has 0 unspecified atom stereocenters. The summed E-state index contributed by atoms with van der Waals surface area (Å²) in [6, 6.07) is 10.3. The molecule has 10 heteroatoms. The number of hydrogen-bond acceptors (Lipinski definition) is 6. The Morgan fingerprint density at radius 1 is 1.00 bits per heavy atom. The molecule has 0 fully saturated rings. The zero-order valence-corrected chi connectivity index (χ0v) is 24.5. The van der Waals surface area contributed by atoms with Gasteiger partial charge in [0.25, 0.3) is 10.0 Å². The summed E-state index contributed by atoms with van der Waals surface area (Å²) in [5, 5.41) is 7.26. The van der Waals surface area contributed by atoms with Crippen LogP contribution in [0.25, 0.3) is 0 Å². The van der Waals surface area contributed by atoms with Gasteiger partial charge in [-0.1, -0.05) is 24.1 Å². The SMILES string of the molecule is CCOC(=O)c1c(NC(=S)Nc2ccc(S(=O)(=O)Nc3c(C)cc(C)cc3C)cc2)sc2c1CCCCC2. The van der Waals surface area contributed by atoms with E-state index in [1.807, 2.05) is 32.9 Å². The van der Waals surface area contributed by atoms with Gasteiger partial charge in [-0.15, -0.1) is 11.3 Å². The lowest BCUT2D eigenvalue weighted by Crippen LogP contribution is -2.20. The standard InChI is InChI=1S/C28H33N3O4S3/c1-5-35-27(32)24-22-9-7-6-8-10-23(22)37-26(24)30-28(36)29-20-11-13-21(14-12-20)38(33,34)31-25-18(3)15-17(2)16-19(25)4/h11-16,31H,5-10H2,1-4H3,(H2,29,30,36). The molecule has 2 aromatic carbocycles. The number of thiocarbonyl (C=S) groups is 1. The Labute approximate surface area is 234 Å². The van der Waals surface area contributed by atoms with E-state index in [1.54, 1.807) is 30.4 Å². The quantitative estimate of drug-likeness (QED) is 0.164. The lowest BCUT2D eigenvalue weighted by Gasteiger charge is -2.15. The summed E-state index contributed by atoms with van der Waals surface area (Å²) in [6.45, 7) is 7.85. The van der Waals surface area contributed by atoms with E-state index in [0.29, 0.717) is 33.7 Å². The molecule has 0 amide bonds. The van der Waals surface area contributed by atoms with E-state index >= 15 is 0 Å². The molecule has 1 heterocycles. The van der Waals surface area contributed by atoms with Crippen molar-refractivity contribution in [1.82, 2.24) is 0 Å². The molecule has 3 N–H and O–H groups in total. The number of rotatable bonds is 7. The summed E-state index contributed by atoms with van der Waals surface area (Å²) in [4.78, 5) is 14.1. The van der Waals surface area contributed by atoms with Crippen LogP contribution in [0.1, 0.15) is 63.7 Å². The third-order valence-corrected chi connectivity index (χ3v) is 9.24. The van der Waals surface area contributed by atoms with Crippen LogP contribution in [0.3, 0.4) is 0 Å². The van der Waals surface area contributed by atoms with Crippen molar-refractivity contribution < 1.29 is 17.9 Å². The van der Waals surface area contributed by atoms with Gasteiger partial charge in [0.05, 0.1) is 22.8 Å². The summed E-state index contributed by atoms with van der Waals surface area (Å²) in [7, 11) is -3.77. The smallest absolute Gasteiger partial charge is 0.341 e. The highest BCUT2D eigenvalue weighted by Crippen LogP contribution is 2.38. The third kappa shape index (κ3) is 6.36. The maximum atomic E-state index is 13.0. The maximum Gasteiger partial charge on any atom is 0.341 e. The average molecular weight is 572 g/mol. The number of benzene rings is 2. The number of nitrogens with one attached hydrogen (secondary N) is 3. The topological polar surface area (TPSA) is 96.5 Å². The van der Waals surface area contributed by atoms with Gasteiger partial charge in [0.1, 0.15) is 5.00 Å². The van der Waals surface area contributed by atoms with Crippen LogP contribution in [-0.2, 0) is 27.6 Å². The molecule has 7 nitrogen and oxygen atoms in total. The lowest BCUT2D eigenvalue weighted by molar-refractivity contribution is 0.0527. The minimum Gasteiger partial charge on any atom is -0.462 e. The number of hydrogen-bond donors (Lipinski definition) is 3. The van der Waals surface area contributed by atoms with Gasteiger partial charge < -0.3 is 15.4 Å². The van der Waals surface area contributed by atoms with Crippen LogP contribution in [-0.4, -0.2) is 26.1 Å². The van der Waals surface area contributed by atoms with Crippen molar-refractivity contribution in [3.8, 4) is 0 Å². The van der Waals surface area contributed by atoms with Crippen molar-refractivity contribution >= 4 is 61.0 Å². The van der Waals surface area contributed by atoms with E-state index in [1.165, 1.54) is 17.0 Å². The fourth-order valence-corrected chi connectivity index (χ4v) is 7.54. The average Bonchev–Trinajstić information content (AvgIpc) is 3.01. The van der Waals surface area contributed by atoms with E-state index in [2.05, 4.69) is 15.4 Å². The van der Waals surface area contributed by atoms with Gasteiger partial charge in [-0.05, 0) is 107 Å². The number of esters is 1. The molecule has 0 saturated heterocycles. The molecule has 0 saturated carbocycles. The van der Waals surface area contributed by atoms with Crippen molar-refractivity contribution in [1.29, 1.82) is 0 Å². The van der Waals surface area contributed by atoms with Crippen LogP contribution in [0.4, 0.5) is 16.4 Å². The predicted octanol–water partition coefficient (Wildman–Crippen LogP) is 6.73. The Morgan fingerprint density at radius 3 is 2.32 bits per heavy atom. The molecule has 1 aliphatic carbocycles. The second-order valence-electron chi connectivity index (χ2n) is 9.47. The molecular weight excluding hydrogens is 539 g/mol. The summed E-state index contributed by atoms with van der Waals surface area (Å²) in [6.07, 6.45) is 5.10. The number of aryl methyl sites for hydroxylation is 4. The summed E-state index contributed by atoms with van der Waals surface area (Å²) < 4.78 is 34.1. The predicted molar refractivity (Wildman–Crippen MR) is 159 cm³/mol. The van der Waals surface area contributed by atoms with Crippen LogP contribution in [0.15, 0.2) is 41.3 Å². The first-order valence-corrected chi connectivity index (χ1v) is 15.4. The molecule has 202 valence electrons. The van der Waals surface area contributed by atoms with Crippen molar-refractivity contribution in [2.75, 3.05) is 22.0 Å². The molecular formula is C28H33N3O4S3. The van der Waals surface area contributed by atoms with Crippen LogP contribution in [0.5, 0.6) is 0 Å². The van der Waals surface area contributed by atoms with Crippen molar-refractivity contribution in [3.05, 3.63) is 69.1 Å². The monoisotopic (exact) mass is 571 g/mol. The molecule has 38 heavy (non-hydrogen) atoms. The van der Waals surface area contributed by atoms with Crippen molar-refractivity contribution in [3.63, 3.8) is 0 Å². The molecule has 0 radical (unpaired) electrons. The van der Waals surface area contributed by atoms with Crippen LogP contribution >= 0.6 is 23.6 Å². The van der Waals surface area contributed by atoms with Gasteiger partial charge in [-0.3, -0.25) is 4.72 Å². The second-order valence-corrected chi connectivity index (χ2v) is 12.7. The Hall–Kier alpha value is -2.95. The van der Waals surface area contributed by atoms with E-state index in [-0.39, 0.29) is 10.9 Å². The van der Waals surface area contributed by atoms with Crippen LogP contribution in [0.2, 0.25) is 0 Å². The fraction of sp³-hybridized carbons (Fsp3) is 0.357. The van der Waals surface area contributed by atoms with E-state index in [9.17, 15) is 13.2 Å². The molecule has 0 aliphatic heterocycles. The fourth-order valence-electron chi connectivity index (χ4n) is 4.77. The number of ether oxygens (including phenoxy) is 1. The van der Waals surface area contributed by atoms with E-state index in [4.69, 9.17) is 17.0 Å². The second kappa shape index (κ2) is 11.8. The van der Waals surface area contributed by atoms with Gasteiger partial charge in [0.2, 0.25) is 0 Å². The zero-order valence-electron chi connectivity index (χ0n) is 22.1. The third-order valence-electron chi connectivity index (χ3n) is 6.46. The highest BCUT2D eigenvalue weighted by atomic mass is 32.2. The van der Waals surface area contributed by atoms with Gasteiger partial charge in [-0.2, -0.15) is 0 Å². The Kier molecular flexibility index (Phi) is 8.74. The molecule has 3 aromatic rings. The molecule has 4 rings (SSSR count). The van der Waals surface area contributed by atoms with Gasteiger partial charge in [0, 0.05) is 10.6 Å². The highest BCUT2D eigenvalue weighted by molar-refractivity contribution is 7.92. The largest absolute Gasteiger partial charge is 0.462 e. The minimum absolute atomic E-state index is 0.146. The first kappa shape index (κ1) is 28.1. The first-order valence-electron chi connectivity index (χ1n) is 12.7. The van der Waals surface area contributed by atoms with E-state index < -0.39 is 10.0 Å². The molecule has 0 atom stereocenters. The summed E-state index contributed by atoms with van der Waals surface area (Å²) in [5.74, 6) is -0.335. The van der Waals surface area contributed by atoms with Crippen molar-refractivity contribution in [2.45, 2.75) is 64.7 Å². The van der Waals surface area contributed by atoms with E-state index in [0.717, 1.165) is 54.4 Å². The highest BCUT2D eigenvalue weighted by Gasteiger charge is 2.26. The Balaban J connectivity index is 1.48. The van der Waals surface area contributed by atoms with Gasteiger partial charge >= 0.3 is 5.97 Å².